The number of anilines is 12. The average molecular weight is 803 g/mol. The summed E-state index contributed by atoms with van der Waals surface area (Å²) in [6.45, 7) is 8.52. The van der Waals surface area contributed by atoms with E-state index >= 15 is 0 Å². The third-order valence-corrected chi connectivity index (χ3v) is 11.3. The zero-order valence-electron chi connectivity index (χ0n) is 35.7. The lowest BCUT2D eigenvalue weighted by Gasteiger charge is -2.31. The predicted octanol–water partition coefficient (Wildman–Crippen LogP) is 16.8. The zero-order valence-corrected chi connectivity index (χ0v) is 35.7. The minimum atomic E-state index is 1.05. The molecule has 0 aliphatic carbocycles. The quantitative estimate of drug-likeness (QED) is 0.122. The Kier molecular flexibility index (Phi) is 11.4. The smallest absolute Gasteiger partial charge is 0.0482 e. The van der Waals surface area contributed by atoms with Gasteiger partial charge >= 0.3 is 0 Å². The van der Waals surface area contributed by atoms with E-state index in [0.717, 1.165) is 68.2 Å². The third kappa shape index (κ3) is 8.58. The summed E-state index contributed by atoms with van der Waals surface area (Å²) in [6.07, 6.45) is 0. The highest BCUT2D eigenvalue weighted by molar-refractivity contribution is 5.86. The van der Waals surface area contributed by atoms with Crippen LogP contribution in [0.15, 0.2) is 231 Å². The van der Waals surface area contributed by atoms with Crippen LogP contribution < -0.4 is 19.6 Å². The molecule has 0 unspecified atom stereocenters. The van der Waals surface area contributed by atoms with Gasteiger partial charge in [-0.25, -0.2) is 0 Å². The molecule has 0 aromatic heterocycles. The van der Waals surface area contributed by atoms with E-state index in [1.807, 2.05) is 0 Å². The van der Waals surface area contributed by atoms with Crippen LogP contribution in [0.2, 0.25) is 0 Å². The molecule has 0 saturated heterocycles. The summed E-state index contributed by atoms with van der Waals surface area (Å²) in [7, 11) is 0. The van der Waals surface area contributed by atoms with Gasteiger partial charge in [-0.2, -0.15) is 0 Å². The predicted molar refractivity (Wildman–Crippen MR) is 264 cm³/mol. The van der Waals surface area contributed by atoms with Crippen molar-refractivity contribution in [3.63, 3.8) is 0 Å². The number of aryl methyl sites for hydroxylation is 4. The lowest BCUT2D eigenvalue weighted by Crippen LogP contribution is -2.14. The summed E-state index contributed by atoms with van der Waals surface area (Å²) in [4.78, 5) is 9.31. The molecular weight excluding hydrogens is 753 g/mol. The van der Waals surface area contributed by atoms with Gasteiger partial charge in [-0.05, 0) is 167 Å². The Morgan fingerprint density at radius 1 is 0.177 bits per heavy atom. The molecule has 9 aromatic rings. The fourth-order valence-corrected chi connectivity index (χ4v) is 7.99. The summed E-state index contributed by atoms with van der Waals surface area (Å²) >= 11 is 0. The summed E-state index contributed by atoms with van der Waals surface area (Å²) in [5.41, 5.74) is 18.0. The van der Waals surface area contributed by atoms with Gasteiger partial charge in [0.1, 0.15) is 0 Å². The molecule has 0 bridgehead atoms. The second kappa shape index (κ2) is 17.8. The maximum atomic E-state index is 2.34. The van der Waals surface area contributed by atoms with Crippen LogP contribution in [0.1, 0.15) is 22.3 Å². The topological polar surface area (TPSA) is 13.0 Å². The molecule has 0 heterocycles. The molecule has 0 saturated carbocycles. The van der Waals surface area contributed by atoms with Crippen LogP contribution in [0.3, 0.4) is 0 Å². The number of para-hydroxylation sites is 2. The molecule has 9 rings (SSSR count). The summed E-state index contributed by atoms with van der Waals surface area (Å²) < 4.78 is 0. The maximum Gasteiger partial charge on any atom is 0.0482 e. The summed E-state index contributed by atoms with van der Waals surface area (Å²) in [5, 5.41) is 0. The molecule has 302 valence electrons. The molecule has 0 fully saturated rings. The second-order valence-electron chi connectivity index (χ2n) is 15.9. The van der Waals surface area contributed by atoms with Crippen molar-refractivity contribution in [2.24, 2.45) is 0 Å². The first-order chi connectivity index (χ1) is 30.4. The van der Waals surface area contributed by atoms with E-state index < -0.39 is 0 Å². The van der Waals surface area contributed by atoms with E-state index in [1.165, 1.54) is 22.3 Å². The molecule has 9 aromatic carbocycles. The van der Waals surface area contributed by atoms with Gasteiger partial charge in [0, 0.05) is 68.2 Å². The minimum absolute atomic E-state index is 1.05. The normalized spacial score (nSPS) is 10.9. The molecule has 0 amide bonds. The summed E-state index contributed by atoms with van der Waals surface area (Å²) in [5.74, 6) is 0. The van der Waals surface area contributed by atoms with E-state index in [1.54, 1.807) is 0 Å². The minimum Gasteiger partial charge on any atom is -0.311 e. The van der Waals surface area contributed by atoms with E-state index in [4.69, 9.17) is 0 Å². The molecule has 0 aliphatic heterocycles. The van der Waals surface area contributed by atoms with Crippen LogP contribution in [0, 0.1) is 27.7 Å². The number of hydrogen-bond donors (Lipinski definition) is 0. The standard InChI is InChI=1S/C58H50N4/c1-43-18-26-49(27-19-43)59(50-28-20-44(2)21-29-50)53-34-38-55(39-35-53)61(47-12-7-5-8-13-47)57-16-11-17-58(42-57)62(48-14-9-6-10-15-48)56-40-36-54(37-41-56)60(51-30-22-45(3)23-31-51)52-32-24-46(4)25-33-52/h5-42H,1-4H3. The van der Waals surface area contributed by atoms with Gasteiger partial charge in [-0.3, -0.25) is 0 Å². The van der Waals surface area contributed by atoms with E-state index in [9.17, 15) is 0 Å². The van der Waals surface area contributed by atoms with Crippen molar-refractivity contribution in [2.75, 3.05) is 19.6 Å². The maximum absolute atomic E-state index is 2.34. The van der Waals surface area contributed by atoms with Crippen molar-refractivity contribution in [1.82, 2.24) is 0 Å². The van der Waals surface area contributed by atoms with E-state index in [2.05, 4.69) is 278 Å². The van der Waals surface area contributed by atoms with Crippen LogP contribution in [0.25, 0.3) is 0 Å². The summed E-state index contributed by atoms with van der Waals surface area (Å²) in [6, 6.07) is 82.9. The Balaban J connectivity index is 1.10. The first-order valence-electron chi connectivity index (χ1n) is 21.3. The Labute approximate surface area is 366 Å². The lowest BCUT2D eigenvalue weighted by atomic mass is 10.1. The van der Waals surface area contributed by atoms with Gasteiger partial charge in [0.25, 0.3) is 0 Å². The van der Waals surface area contributed by atoms with Crippen molar-refractivity contribution < 1.29 is 0 Å². The van der Waals surface area contributed by atoms with Gasteiger partial charge in [0.05, 0.1) is 0 Å². The van der Waals surface area contributed by atoms with Crippen LogP contribution in [0.4, 0.5) is 68.2 Å². The van der Waals surface area contributed by atoms with Gasteiger partial charge in [0.15, 0.2) is 0 Å². The lowest BCUT2D eigenvalue weighted by molar-refractivity contribution is 1.23. The van der Waals surface area contributed by atoms with Crippen molar-refractivity contribution in [2.45, 2.75) is 27.7 Å². The monoisotopic (exact) mass is 802 g/mol. The highest BCUT2D eigenvalue weighted by atomic mass is 15.2. The highest BCUT2D eigenvalue weighted by Crippen LogP contribution is 2.43. The number of rotatable bonds is 12. The number of benzene rings is 9. The van der Waals surface area contributed by atoms with Gasteiger partial charge in [-0.15, -0.1) is 0 Å². The Hall–Kier alpha value is -7.82. The SMILES string of the molecule is Cc1ccc(N(c2ccc(C)cc2)c2ccc(N(c3ccccc3)c3cccc(N(c4ccccc4)c4ccc(N(c5ccc(C)cc5)c5ccc(C)cc5)cc4)c3)cc2)cc1. The molecule has 0 N–H and O–H groups in total. The molecule has 0 radical (unpaired) electrons. The zero-order chi connectivity index (χ0) is 42.4. The molecule has 0 spiro atoms. The number of hydrogen-bond acceptors (Lipinski definition) is 4. The van der Waals surface area contributed by atoms with Gasteiger partial charge in [-0.1, -0.05) is 113 Å². The second-order valence-corrected chi connectivity index (χ2v) is 15.9. The number of nitrogens with zero attached hydrogens (tertiary/aromatic N) is 4. The first kappa shape index (κ1) is 39.6. The fourth-order valence-electron chi connectivity index (χ4n) is 7.99. The molecule has 0 atom stereocenters. The van der Waals surface area contributed by atoms with Crippen LogP contribution >= 0.6 is 0 Å². The van der Waals surface area contributed by atoms with Crippen LogP contribution in [0.5, 0.6) is 0 Å². The Bertz CT molecular complexity index is 2550. The molecule has 0 aliphatic rings. The van der Waals surface area contributed by atoms with Crippen molar-refractivity contribution in [1.29, 1.82) is 0 Å². The van der Waals surface area contributed by atoms with Gasteiger partial charge < -0.3 is 19.6 Å². The van der Waals surface area contributed by atoms with Crippen LogP contribution in [-0.4, -0.2) is 0 Å². The Morgan fingerprint density at radius 3 is 0.597 bits per heavy atom. The third-order valence-electron chi connectivity index (χ3n) is 11.3. The Morgan fingerprint density at radius 2 is 0.355 bits per heavy atom. The molecular formula is C58H50N4. The fraction of sp³-hybridized carbons (Fsp3) is 0.0690. The van der Waals surface area contributed by atoms with E-state index in [-0.39, 0.29) is 0 Å². The van der Waals surface area contributed by atoms with E-state index in [0.29, 0.717) is 0 Å². The van der Waals surface area contributed by atoms with Crippen molar-refractivity contribution in [3.05, 3.63) is 253 Å². The highest BCUT2D eigenvalue weighted by Gasteiger charge is 2.20. The van der Waals surface area contributed by atoms with Crippen molar-refractivity contribution in [3.8, 4) is 0 Å². The van der Waals surface area contributed by atoms with Crippen molar-refractivity contribution >= 4 is 68.2 Å². The first-order valence-corrected chi connectivity index (χ1v) is 21.3. The molecule has 4 nitrogen and oxygen atoms in total. The average Bonchev–Trinajstić information content (AvgIpc) is 3.31. The largest absolute Gasteiger partial charge is 0.311 e. The van der Waals surface area contributed by atoms with Crippen LogP contribution in [-0.2, 0) is 0 Å². The molecule has 62 heavy (non-hydrogen) atoms. The molecule has 4 heteroatoms. The van der Waals surface area contributed by atoms with Gasteiger partial charge in [0.2, 0.25) is 0 Å².